The van der Waals surface area contributed by atoms with Crippen LogP contribution in [0.25, 0.3) is 5.65 Å². The highest BCUT2D eigenvalue weighted by Crippen LogP contribution is 2.38. The van der Waals surface area contributed by atoms with Crippen molar-refractivity contribution in [3.8, 4) is 11.5 Å². The minimum absolute atomic E-state index is 0.0293. The van der Waals surface area contributed by atoms with Crippen LogP contribution >= 0.6 is 0 Å². The molecule has 3 heterocycles. The molecule has 1 aliphatic rings. The van der Waals surface area contributed by atoms with Gasteiger partial charge >= 0.3 is 0 Å². The van der Waals surface area contributed by atoms with Crippen LogP contribution in [0, 0.1) is 0 Å². The fraction of sp³-hybridized carbons (Fsp3) is 0.161. The molecule has 1 amide bonds. The number of amides is 1. The van der Waals surface area contributed by atoms with Gasteiger partial charge in [0.05, 0.1) is 11.7 Å². The number of imidazole rings is 1. The predicted molar refractivity (Wildman–Crippen MR) is 142 cm³/mol. The molecule has 1 N–H and O–H groups in total. The fourth-order valence-electron chi connectivity index (χ4n) is 4.96. The largest absolute Gasteiger partial charge is 0.454 e. The van der Waals surface area contributed by atoms with E-state index in [4.69, 9.17) is 9.47 Å². The van der Waals surface area contributed by atoms with Crippen LogP contribution in [0.3, 0.4) is 0 Å². The van der Waals surface area contributed by atoms with Gasteiger partial charge in [-0.15, -0.1) is 0 Å². The van der Waals surface area contributed by atoms with Crippen molar-refractivity contribution in [1.82, 2.24) is 14.7 Å². The number of aromatic nitrogens is 2. The second kappa shape index (κ2) is 10.2. The van der Waals surface area contributed by atoms with Crippen LogP contribution in [0.2, 0.25) is 0 Å². The first-order chi connectivity index (χ1) is 18.2. The molecule has 0 bridgehead atoms. The fourth-order valence-corrected chi connectivity index (χ4v) is 4.96. The smallest absolute Gasteiger partial charge is 0.231 e. The van der Waals surface area contributed by atoms with Crippen molar-refractivity contribution in [3.63, 3.8) is 0 Å². The molecule has 0 saturated carbocycles. The Bertz CT molecular complexity index is 1520. The van der Waals surface area contributed by atoms with Gasteiger partial charge in [-0.2, -0.15) is 0 Å². The molecule has 6 heteroatoms. The van der Waals surface area contributed by atoms with Crippen LogP contribution in [0.1, 0.15) is 40.8 Å². The van der Waals surface area contributed by atoms with E-state index in [1.165, 1.54) is 5.56 Å². The number of nitrogens with zero attached hydrogens (tertiary/aromatic N) is 2. The number of benzene rings is 3. The maximum Gasteiger partial charge on any atom is 0.231 e. The monoisotopic (exact) mass is 489 g/mol. The number of hydrogen-bond donors (Lipinski definition) is 1. The highest BCUT2D eigenvalue weighted by molar-refractivity contribution is 5.78. The van der Waals surface area contributed by atoms with E-state index < -0.39 is 0 Å². The summed E-state index contributed by atoms with van der Waals surface area (Å²) in [6.45, 7) is 0.206. The van der Waals surface area contributed by atoms with E-state index in [9.17, 15) is 4.79 Å². The molecule has 0 saturated heterocycles. The molecule has 37 heavy (non-hydrogen) atoms. The van der Waals surface area contributed by atoms with E-state index in [1.807, 2.05) is 89.6 Å². The van der Waals surface area contributed by atoms with Gasteiger partial charge in [0.15, 0.2) is 11.5 Å². The summed E-state index contributed by atoms with van der Waals surface area (Å²) in [6.07, 6.45) is 4.82. The minimum Gasteiger partial charge on any atom is -0.454 e. The lowest BCUT2D eigenvalue weighted by atomic mass is 9.91. The first-order valence-corrected chi connectivity index (χ1v) is 12.4. The van der Waals surface area contributed by atoms with Gasteiger partial charge in [-0.05, 0) is 47.4 Å². The third-order valence-corrected chi connectivity index (χ3v) is 6.81. The van der Waals surface area contributed by atoms with E-state index in [0.29, 0.717) is 12.2 Å². The molecule has 2 unspecified atom stereocenters. The zero-order valence-electron chi connectivity index (χ0n) is 20.3. The number of nitrogens with one attached hydrogen (secondary N) is 1. The Morgan fingerprint density at radius 2 is 1.62 bits per heavy atom. The summed E-state index contributed by atoms with van der Waals surface area (Å²) in [5, 5.41) is 3.32. The Hall–Kier alpha value is -4.58. The third-order valence-electron chi connectivity index (χ3n) is 6.81. The van der Waals surface area contributed by atoms with Crippen LogP contribution in [-0.4, -0.2) is 22.1 Å². The molecule has 0 radical (unpaired) electrons. The number of hydrogen-bond acceptors (Lipinski definition) is 4. The van der Waals surface area contributed by atoms with Gasteiger partial charge in [-0.1, -0.05) is 72.8 Å². The number of carbonyl (C=O) groups excluding carboxylic acids is 1. The zero-order chi connectivity index (χ0) is 25.0. The summed E-state index contributed by atoms with van der Waals surface area (Å²) in [4.78, 5) is 18.3. The van der Waals surface area contributed by atoms with E-state index in [2.05, 4.69) is 34.6 Å². The lowest BCUT2D eigenvalue weighted by molar-refractivity contribution is -0.122. The maximum absolute atomic E-state index is 13.7. The molecule has 5 aromatic rings. The Morgan fingerprint density at radius 3 is 2.46 bits per heavy atom. The standard InChI is InChI=1S/C31H27N3O3/c35-31(33-26(23-11-5-2-6-12-23)17-22-9-3-1-4-10-22)19-25(24-14-15-28-29(18-24)37-21-36-28)27-20-32-30-13-7-8-16-34(27)30/h1-16,18,20,25-26H,17,19,21H2,(H,33,35). The normalized spacial score (nSPS) is 13.8. The van der Waals surface area contributed by atoms with Gasteiger partial charge in [0.2, 0.25) is 12.7 Å². The molecule has 6 rings (SSSR count). The molecular weight excluding hydrogens is 462 g/mol. The average Bonchev–Trinajstić information content (AvgIpc) is 3.59. The summed E-state index contributed by atoms with van der Waals surface area (Å²) in [5.74, 6) is 1.17. The number of rotatable bonds is 8. The van der Waals surface area contributed by atoms with Crippen LogP contribution in [-0.2, 0) is 11.2 Å². The van der Waals surface area contributed by atoms with E-state index in [0.717, 1.165) is 28.2 Å². The topological polar surface area (TPSA) is 64.9 Å². The number of carbonyl (C=O) groups is 1. The molecule has 2 atom stereocenters. The molecule has 0 fully saturated rings. The van der Waals surface area contributed by atoms with Crippen molar-refractivity contribution in [3.05, 3.63) is 132 Å². The van der Waals surface area contributed by atoms with Crippen LogP contribution in [0.15, 0.2) is 109 Å². The van der Waals surface area contributed by atoms with Crippen molar-refractivity contribution in [2.24, 2.45) is 0 Å². The summed E-state index contributed by atoms with van der Waals surface area (Å²) < 4.78 is 13.2. The van der Waals surface area contributed by atoms with E-state index in [1.54, 1.807) is 0 Å². The molecule has 1 aliphatic heterocycles. The lowest BCUT2D eigenvalue weighted by Crippen LogP contribution is -2.31. The van der Waals surface area contributed by atoms with Crippen LogP contribution < -0.4 is 14.8 Å². The Balaban J connectivity index is 1.31. The second-order valence-corrected chi connectivity index (χ2v) is 9.20. The third kappa shape index (κ3) is 4.91. The number of fused-ring (bicyclic) bond motifs is 2. The quantitative estimate of drug-likeness (QED) is 0.304. The molecule has 0 aliphatic carbocycles. The molecule has 3 aromatic carbocycles. The predicted octanol–water partition coefficient (Wildman–Crippen LogP) is 5.69. The van der Waals surface area contributed by atoms with Gasteiger partial charge < -0.3 is 19.2 Å². The minimum atomic E-state index is -0.222. The van der Waals surface area contributed by atoms with Gasteiger partial charge in [-0.3, -0.25) is 4.79 Å². The first kappa shape index (κ1) is 22.9. The molecule has 6 nitrogen and oxygen atoms in total. The molecular formula is C31H27N3O3. The summed E-state index contributed by atoms with van der Waals surface area (Å²) in [5.41, 5.74) is 5.02. The first-order valence-electron chi connectivity index (χ1n) is 12.4. The Kier molecular flexibility index (Phi) is 6.29. The van der Waals surface area contributed by atoms with Gasteiger partial charge in [0.1, 0.15) is 5.65 Å². The van der Waals surface area contributed by atoms with Gasteiger partial charge in [-0.25, -0.2) is 4.98 Å². The summed E-state index contributed by atoms with van der Waals surface area (Å²) in [7, 11) is 0. The number of ether oxygens (including phenoxy) is 2. The average molecular weight is 490 g/mol. The van der Waals surface area contributed by atoms with Crippen molar-refractivity contribution in [2.75, 3.05) is 6.79 Å². The lowest BCUT2D eigenvalue weighted by Gasteiger charge is -2.22. The summed E-state index contributed by atoms with van der Waals surface area (Å²) >= 11 is 0. The van der Waals surface area contributed by atoms with Crippen LogP contribution in [0.5, 0.6) is 11.5 Å². The molecule has 0 spiro atoms. The van der Waals surface area contributed by atoms with Gasteiger partial charge in [0, 0.05) is 24.7 Å². The van der Waals surface area contributed by atoms with Crippen molar-refractivity contribution in [2.45, 2.75) is 24.8 Å². The zero-order valence-corrected chi connectivity index (χ0v) is 20.3. The molecule has 2 aromatic heterocycles. The maximum atomic E-state index is 13.7. The SMILES string of the molecule is O=C(CC(c1ccc2c(c1)OCO2)c1cnc2ccccn12)NC(Cc1ccccc1)c1ccccc1. The van der Waals surface area contributed by atoms with Gasteiger partial charge in [0.25, 0.3) is 0 Å². The summed E-state index contributed by atoms with van der Waals surface area (Å²) in [6, 6.07) is 32.0. The van der Waals surface area contributed by atoms with Crippen LogP contribution in [0.4, 0.5) is 0 Å². The van der Waals surface area contributed by atoms with E-state index >= 15 is 0 Å². The molecule has 184 valence electrons. The Labute approximate surface area is 215 Å². The van der Waals surface area contributed by atoms with E-state index in [-0.39, 0.29) is 31.1 Å². The second-order valence-electron chi connectivity index (χ2n) is 9.20. The number of pyridine rings is 1. The highest BCUT2D eigenvalue weighted by atomic mass is 16.7. The highest BCUT2D eigenvalue weighted by Gasteiger charge is 2.26. The van der Waals surface area contributed by atoms with Crippen molar-refractivity contribution >= 4 is 11.6 Å². The van der Waals surface area contributed by atoms with Crippen molar-refractivity contribution in [1.29, 1.82) is 0 Å². The Morgan fingerprint density at radius 1 is 0.865 bits per heavy atom. The van der Waals surface area contributed by atoms with Crippen molar-refractivity contribution < 1.29 is 14.3 Å².